The number of hydrogen-bond acceptors (Lipinski definition) is 3. The summed E-state index contributed by atoms with van der Waals surface area (Å²) in [4.78, 5) is 6.56. The molecule has 0 aromatic carbocycles. The summed E-state index contributed by atoms with van der Waals surface area (Å²) in [6.45, 7) is 7.94. The largest absolute Gasteiger partial charge is 0.303 e. The van der Waals surface area contributed by atoms with Gasteiger partial charge in [0.2, 0.25) is 0 Å². The molecule has 3 heteroatoms. The van der Waals surface area contributed by atoms with Crippen LogP contribution in [0.2, 0.25) is 0 Å². The number of pyridine rings is 1. The van der Waals surface area contributed by atoms with Gasteiger partial charge in [-0.1, -0.05) is 19.9 Å². The average molecular weight is 224 g/mol. The molecule has 2 nitrogen and oxygen atoms in total. The van der Waals surface area contributed by atoms with Crippen molar-refractivity contribution in [2.75, 3.05) is 25.4 Å². The third-order valence-corrected chi connectivity index (χ3v) is 3.45. The van der Waals surface area contributed by atoms with Gasteiger partial charge in [-0.25, -0.2) is 0 Å². The third-order valence-electron chi connectivity index (χ3n) is 2.44. The molecule has 0 spiro atoms. The third kappa shape index (κ3) is 5.19. The maximum absolute atomic E-state index is 4.11. The Morgan fingerprint density at radius 2 is 2.13 bits per heavy atom. The number of thioether (sulfide) groups is 1. The van der Waals surface area contributed by atoms with Gasteiger partial charge in [-0.2, -0.15) is 11.8 Å². The topological polar surface area (TPSA) is 16.1 Å². The van der Waals surface area contributed by atoms with Crippen LogP contribution in [-0.4, -0.2) is 35.3 Å². The maximum Gasteiger partial charge on any atom is 0.0308 e. The minimum Gasteiger partial charge on any atom is -0.303 e. The first-order valence-corrected chi connectivity index (χ1v) is 6.71. The Hall–Kier alpha value is -0.540. The molecular weight excluding hydrogens is 204 g/mol. The highest BCUT2D eigenvalue weighted by atomic mass is 32.2. The molecule has 0 fully saturated rings. The second-order valence-electron chi connectivity index (χ2n) is 3.44. The van der Waals surface area contributed by atoms with Gasteiger partial charge in [0.05, 0.1) is 0 Å². The molecule has 0 radical (unpaired) electrons. The van der Waals surface area contributed by atoms with Crippen molar-refractivity contribution >= 4 is 11.8 Å². The first-order chi connectivity index (χ1) is 7.36. The van der Waals surface area contributed by atoms with Crippen LogP contribution in [0.4, 0.5) is 0 Å². The summed E-state index contributed by atoms with van der Waals surface area (Å²) < 4.78 is 0. The lowest BCUT2D eigenvalue weighted by Crippen LogP contribution is -2.25. The normalized spacial score (nSPS) is 10.9. The van der Waals surface area contributed by atoms with E-state index in [9.17, 15) is 0 Å². The Kier molecular flexibility index (Phi) is 6.44. The summed E-state index contributed by atoms with van der Waals surface area (Å²) in [5.74, 6) is 2.28. The van der Waals surface area contributed by atoms with E-state index < -0.39 is 0 Å². The van der Waals surface area contributed by atoms with Gasteiger partial charge < -0.3 is 4.90 Å². The predicted molar refractivity (Wildman–Crippen MR) is 68.2 cm³/mol. The van der Waals surface area contributed by atoms with E-state index >= 15 is 0 Å². The molecule has 1 aromatic heterocycles. The van der Waals surface area contributed by atoms with Gasteiger partial charge in [0.1, 0.15) is 0 Å². The smallest absolute Gasteiger partial charge is 0.0308 e. The molecule has 0 bridgehead atoms. The van der Waals surface area contributed by atoms with E-state index in [1.165, 1.54) is 17.9 Å². The summed E-state index contributed by atoms with van der Waals surface area (Å²) in [5, 5.41) is 0. The molecule has 84 valence electrons. The zero-order chi connectivity index (χ0) is 10.9. The molecule has 0 unspecified atom stereocenters. The summed E-state index contributed by atoms with van der Waals surface area (Å²) in [5.41, 5.74) is 1.32. The van der Waals surface area contributed by atoms with Gasteiger partial charge in [-0.05, 0) is 24.7 Å². The second kappa shape index (κ2) is 7.71. The summed E-state index contributed by atoms with van der Waals surface area (Å²) in [6, 6.07) is 4.14. The van der Waals surface area contributed by atoms with Crippen LogP contribution in [0.3, 0.4) is 0 Å². The monoisotopic (exact) mass is 224 g/mol. The van der Waals surface area contributed by atoms with Gasteiger partial charge in [0.25, 0.3) is 0 Å². The molecule has 0 saturated heterocycles. The highest BCUT2D eigenvalue weighted by Crippen LogP contribution is 2.10. The zero-order valence-electron chi connectivity index (χ0n) is 9.65. The van der Waals surface area contributed by atoms with Crippen molar-refractivity contribution in [1.82, 2.24) is 9.88 Å². The van der Waals surface area contributed by atoms with E-state index in [0.29, 0.717) is 0 Å². The lowest BCUT2D eigenvalue weighted by molar-refractivity contribution is 0.324. The van der Waals surface area contributed by atoms with Crippen molar-refractivity contribution < 1.29 is 0 Å². The van der Waals surface area contributed by atoms with E-state index in [2.05, 4.69) is 29.8 Å². The van der Waals surface area contributed by atoms with Crippen molar-refractivity contribution in [3.63, 3.8) is 0 Å². The number of nitrogens with zero attached hydrogens (tertiary/aromatic N) is 2. The molecule has 1 rings (SSSR count). The van der Waals surface area contributed by atoms with Crippen molar-refractivity contribution in [3.05, 3.63) is 30.1 Å². The Labute approximate surface area is 97.1 Å². The average Bonchev–Trinajstić information content (AvgIpc) is 2.31. The van der Waals surface area contributed by atoms with Crippen LogP contribution >= 0.6 is 11.8 Å². The molecule has 0 aliphatic carbocycles. The van der Waals surface area contributed by atoms with E-state index in [-0.39, 0.29) is 0 Å². The quantitative estimate of drug-likeness (QED) is 0.662. The summed E-state index contributed by atoms with van der Waals surface area (Å²) in [7, 11) is 0. The molecule has 1 aromatic rings. The minimum absolute atomic E-state index is 1.08. The highest BCUT2D eigenvalue weighted by molar-refractivity contribution is 7.98. The van der Waals surface area contributed by atoms with Crippen LogP contribution in [0, 0.1) is 0 Å². The van der Waals surface area contributed by atoms with Crippen molar-refractivity contribution in [1.29, 1.82) is 0 Å². The lowest BCUT2D eigenvalue weighted by atomic mass is 10.3. The number of hydrogen-bond donors (Lipinski definition) is 0. The van der Waals surface area contributed by atoms with Crippen LogP contribution in [0.5, 0.6) is 0 Å². The van der Waals surface area contributed by atoms with Gasteiger partial charge in [0.15, 0.2) is 0 Å². The molecule has 15 heavy (non-hydrogen) atoms. The van der Waals surface area contributed by atoms with Crippen LogP contribution in [0.15, 0.2) is 24.5 Å². The summed E-state index contributed by atoms with van der Waals surface area (Å²) >= 11 is 1.98. The lowest BCUT2D eigenvalue weighted by Gasteiger charge is -2.17. The minimum atomic E-state index is 1.08. The molecule has 0 amide bonds. The van der Waals surface area contributed by atoms with Crippen molar-refractivity contribution in [2.24, 2.45) is 0 Å². The number of aromatic nitrogens is 1. The first-order valence-electron chi connectivity index (χ1n) is 5.55. The molecule has 0 N–H and O–H groups in total. The van der Waals surface area contributed by atoms with Gasteiger partial charge >= 0.3 is 0 Å². The fraction of sp³-hybridized carbons (Fsp3) is 0.583. The Morgan fingerprint density at radius 3 is 2.73 bits per heavy atom. The molecule has 0 saturated carbocycles. The highest BCUT2D eigenvalue weighted by Gasteiger charge is 1.98. The molecule has 0 aliphatic heterocycles. The van der Waals surface area contributed by atoms with Gasteiger partial charge in [-0.15, -0.1) is 0 Å². The zero-order valence-corrected chi connectivity index (χ0v) is 10.5. The Balaban J connectivity index is 2.12. The Bertz CT molecular complexity index is 247. The summed E-state index contributed by atoms with van der Waals surface area (Å²) in [6.07, 6.45) is 3.77. The SMILES string of the molecule is CCN(CC)CCSCc1cccnc1. The van der Waals surface area contributed by atoms with Crippen LogP contribution < -0.4 is 0 Å². The van der Waals surface area contributed by atoms with Gasteiger partial charge in [0, 0.05) is 30.4 Å². The standard InChI is InChI=1S/C12H20N2S/c1-3-14(4-2)8-9-15-11-12-6-5-7-13-10-12/h5-7,10H,3-4,8-9,11H2,1-2H3. The fourth-order valence-electron chi connectivity index (χ4n) is 1.41. The van der Waals surface area contributed by atoms with Crippen molar-refractivity contribution in [2.45, 2.75) is 19.6 Å². The fourth-order valence-corrected chi connectivity index (χ4v) is 2.35. The van der Waals surface area contributed by atoms with E-state index in [1.807, 2.05) is 30.2 Å². The van der Waals surface area contributed by atoms with Crippen LogP contribution in [0.25, 0.3) is 0 Å². The first kappa shape index (κ1) is 12.5. The number of rotatable bonds is 7. The maximum atomic E-state index is 4.11. The van der Waals surface area contributed by atoms with Crippen LogP contribution in [-0.2, 0) is 5.75 Å². The van der Waals surface area contributed by atoms with Crippen molar-refractivity contribution in [3.8, 4) is 0 Å². The Morgan fingerprint density at radius 1 is 1.33 bits per heavy atom. The van der Waals surface area contributed by atoms with Crippen LogP contribution in [0.1, 0.15) is 19.4 Å². The van der Waals surface area contributed by atoms with E-state index in [4.69, 9.17) is 0 Å². The molecular formula is C12H20N2S. The molecule has 0 aliphatic rings. The van der Waals surface area contributed by atoms with E-state index in [1.54, 1.807) is 0 Å². The predicted octanol–water partition coefficient (Wildman–Crippen LogP) is 2.66. The second-order valence-corrected chi connectivity index (χ2v) is 4.55. The van der Waals surface area contributed by atoms with Gasteiger partial charge in [-0.3, -0.25) is 4.98 Å². The molecule has 1 heterocycles. The molecule has 0 atom stereocenters. The van der Waals surface area contributed by atoms with E-state index in [0.717, 1.165) is 18.8 Å².